The van der Waals surface area contributed by atoms with Crippen molar-refractivity contribution in [2.24, 2.45) is 0 Å². The van der Waals surface area contributed by atoms with Gasteiger partial charge in [-0.25, -0.2) is 4.79 Å². The van der Waals surface area contributed by atoms with Gasteiger partial charge in [-0.2, -0.15) is 13.2 Å². The molecule has 5 nitrogen and oxygen atoms in total. The van der Waals surface area contributed by atoms with Crippen LogP contribution in [0.15, 0.2) is 24.3 Å². The van der Waals surface area contributed by atoms with Gasteiger partial charge < -0.3 is 15.5 Å². The van der Waals surface area contributed by atoms with Gasteiger partial charge in [0.05, 0.1) is 11.3 Å². The number of hydrogen-bond acceptors (Lipinski definition) is 2. The van der Waals surface area contributed by atoms with Gasteiger partial charge in [0.15, 0.2) is 0 Å². The van der Waals surface area contributed by atoms with Gasteiger partial charge in [-0.3, -0.25) is 4.79 Å². The summed E-state index contributed by atoms with van der Waals surface area (Å²) in [4.78, 5) is 26.7. The van der Waals surface area contributed by atoms with Crippen molar-refractivity contribution >= 4 is 17.6 Å². The molecule has 1 saturated carbocycles. The molecule has 1 aromatic rings. The lowest BCUT2D eigenvalue weighted by atomic mass is 10.1. The number of urea groups is 1. The monoisotopic (exact) mass is 413 g/mol. The molecule has 8 heteroatoms. The van der Waals surface area contributed by atoms with Crippen molar-refractivity contribution in [3.8, 4) is 0 Å². The van der Waals surface area contributed by atoms with Crippen molar-refractivity contribution in [1.82, 2.24) is 10.2 Å². The summed E-state index contributed by atoms with van der Waals surface area (Å²) in [5, 5.41) is 5.32. The average molecular weight is 413 g/mol. The van der Waals surface area contributed by atoms with E-state index in [-0.39, 0.29) is 30.3 Å². The van der Waals surface area contributed by atoms with Gasteiger partial charge in [0.25, 0.3) is 0 Å². The van der Waals surface area contributed by atoms with Crippen LogP contribution in [0, 0.1) is 0 Å². The second-order valence-corrected chi connectivity index (χ2v) is 7.61. The fourth-order valence-corrected chi connectivity index (χ4v) is 3.51. The summed E-state index contributed by atoms with van der Waals surface area (Å²) < 4.78 is 39.4. The Labute approximate surface area is 170 Å². The van der Waals surface area contributed by atoms with Crippen molar-refractivity contribution in [2.75, 3.05) is 11.9 Å². The molecule has 1 atom stereocenters. The molecular weight excluding hydrogens is 383 g/mol. The van der Waals surface area contributed by atoms with E-state index in [4.69, 9.17) is 0 Å². The maximum atomic E-state index is 13.1. The highest BCUT2D eigenvalue weighted by Gasteiger charge is 2.34. The van der Waals surface area contributed by atoms with E-state index in [2.05, 4.69) is 10.6 Å². The number of hydrogen-bond donors (Lipinski definition) is 2. The van der Waals surface area contributed by atoms with Crippen LogP contribution in [0.5, 0.6) is 0 Å². The molecule has 0 bridgehead atoms. The minimum atomic E-state index is -4.57. The van der Waals surface area contributed by atoms with E-state index in [9.17, 15) is 22.8 Å². The second kappa shape index (κ2) is 10.5. The van der Waals surface area contributed by atoms with E-state index in [1.165, 1.54) is 23.1 Å². The Balaban J connectivity index is 2.06. The fourth-order valence-electron chi connectivity index (χ4n) is 3.51. The molecule has 1 unspecified atom stereocenters. The summed E-state index contributed by atoms with van der Waals surface area (Å²) in [6.45, 7) is 3.41. The Kier molecular flexibility index (Phi) is 8.34. The van der Waals surface area contributed by atoms with Gasteiger partial charge >= 0.3 is 12.2 Å². The third kappa shape index (κ3) is 6.94. The highest BCUT2D eigenvalue weighted by atomic mass is 19.4. The number of nitrogens with one attached hydrogen (secondary N) is 2. The molecule has 0 aromatic heterocycles. The highest BCUT2D eigenvalue weighted by molar-refractivity contribution is 5.95. The molecule has 2 rings (SSSR count). The summed E-state index contributed by atoms with van der Waals surface area (Å²) >= 11 is 0. The van der Waals surface area contributed by atoms with Crippen LogP contribution < -0.4 is 10.6 Å². The Hall–Kier alpha value is -2.25. The topological polar surface area (TPSA) is 61.4 Å². The zero-order valence-electron chi connectivity index (χ0n) is 17.0. The number of halogens is 3. The summed E-state index contributed by atoms with van der Waals surface area (Å²) in [7, 11) is 0. The molecule has 1 aliphatic rings. The van der Waals surface area contributed by atoms with Crippen molar-refractivity contribution < 1.29 is 22.8 Å². The molecule has 1 aliphatic carbocycles. The minimum absolute atomic E-state index is 0.0746. The SMILES string of the molecule is CCC(C)N(CC(=O)Nc1ccccc1C(F)(F)F)C(=O)NC1CCCCCC1. The first-order valence-corrected chi connectivity index (χ1v) is 10.3. The normalized spacial score (nSPS) is 16.6. The van der Waals surface area contributed by atoms with Crippen LogP contribution in [0.25, 0.3) is 0 Å². The molecule has 0 spiro atoms. The van der Waals surface area contributed by atoms with E-state index >= 15 is 0 Å². The van der Waals surface area contributed by atoms with Crippen LogP contribution in [0.4, 0.5) is 23.7 Å². The van der Waals surface area contributed by atoms with Crippen LogP contribution in [0.2, 0.25) is 0 Å². The molecule has 0 heterocycles. The summed E-state index contributed by atoms with van der Waals surface area (Å²) in [5.41, 5.74) is -1.22. The van der Waals surface area contributed by atoms with Gasteiger partial charge in [0, 0.05) is 12.1 Å². The molecule has 0 saturated heterocycles. The largest absolute Gasteiger partial charge is 0.418 e. The Morgan fingerprint density at radius 2 is 1.76 bits per heavy atom. The van der Waals surface area contributed by atoms with Crippen LogP contribution in [0.3, 0.4) is 0 Å². The Morgan fingerprint density at radius 1 is 1.14 bits per heavy atom. The number of amides is 3. The number of benzene rings is 1. The third-order valence-corrected chi connectivity index (χ3v) is 5.39. The van der Waals surface area contributed by atoms with Gasteiger partial charge in [-0.1, -0.05) is 44.7 Å². The predicted molar refractivity (Wildman–Crippen MR) is 107 cm³/mol. The van der Waals surface area contributed by atoms with Gasteiger partial charge in [0.2, 0.25) is 5.91 Å². The van der Waals surface area contributed by atoms with Crippen molar-refractivity contribution in [3.05, 3.63) is 29.8 Å². The number of rotatable bonds is 6. The van der Waals surface area contributed by atoms with Gasteiger partial charge in [-0.15, -0.1) is 0 Å². The Bertz CT molecular complexity index is 686. The quantitative estimate of drug-likeness (QED) is 0.632. The molecule has 29 heavy (non-hydrogen) atoms. The molecule has 1 fully saturated rings. The Morgan fingerprint density at radius 3 is 2.34 bits per heavy atom. The zero-order chi connectivity index (χ0) is 21.4. The molecular formula is C21H30F3N3O2. The number of carbonyl (C=O) groups excluding carboxylic acids is 2. The summed E-state index contributed by atoms with van der Waals surface area (Å²) in [5.74, 6) is -0.655. The van der Waals surface area contributed by atoms with E-state index in [0.29, 0.717) is 6.42 Å². The number of alkyl halides is 3. The van der Waals surface area contributed by atoms with E-state index < -0.39 is 17.6 Å². The number of anilines is 1. The third-order valence-electron chi connectivity index (χ3n) is 5.39. The number of nitrogens with zero attached hydrogens (tertiary/aromatic N) is 1. The smallest absolute Gasteiger partial charge is 0.335 e. The molecule has 3 amide bonds. The molecule has 2 N–H and O–H groups in total. The first-order valence-electron chi connectivity index (χ1n) is 10.3. The molecule has 162 valence electrons. The van der Waals surface area contributed by atoms with E-state index in [1.54, 1.807) is 0 Å². The lowest BCUT2D eigenvalue weighted by molar-refractivity contribution is -0.137. The lowest BCUT2D eigenvalue weighted by Crippen LogP contribution is -2.51. The van der Waals surface area contributed by atoms with Crippen LogP contribution in [0.1, 0.15) is 64.4 Å². The van der Waals surface area contributed by atoms with Crippen LogP contribution in [-0.2, 0) is 11.0 Å². The maximum absolute atomic E-state index is 13.1. The van der Waals surface area contributed by atoms with Crippen LogP contribution in [-0.4, -0.2) is 35.5 Å². The maximum Gasteiger partial charge on any atom is 0.418 e. The molecule has 1 aromatic carbocycles. The fraction of sp³-hybridized carbons (Fsp3) is 0.619. The standard InChI is InChI=1S/C21H30F3N3O2/c1-3-15(2)27(20(29)25-16-10-6-4-5-7-11-16)14-19(28)26-18-13-9-8-12-17(18)21(22,23)24/h8-9,12-13,15-16H,3-7,10-11,14H2,1-2H3,(H,25,29)(H,26,28). The first kappa shape index (κ1) is 23.0. The van der Waals surface area contributed by atoms with Crippen molar-refractivity contribution in [2.45, 2.75) is 77.1 Å². The van der Waals surface area contributed by atoms with Crippen LogP contribution >= 0.6 is 0 Å². The van der Waals surface area contributed by atoms with Gasteiger partial charge in [-0.05, 0) is 38.3 Å². The number of carbonyl (C=O) groups is 2. The highest BCUT2D eigenvalue weighted by Crippen LogP contribution is 2.34. The second-order valence-electron chi connectivity index (χ2n) is 7.61. The van der Waals surface area contributed by atoms with Gasteiger partial charge in [0.1, 0.15) is 6.54 Å². The first-order chi connectivity index (χ1) is 13.7. The molecule has 0 aliphatic heterocycles. The average Bonchev–Trinajstić information content (AvgIpc) is 2.93. The zero-order valence-corrected chi connectivity index (χ0v) is 17.0. The van der Waals surface area contributed by atoms with E-state index in [0.717, 1.165) is 44.6 Å². The van der Waals surface area contributed by atoms with Crippen molar-refractivity contribution in [3.63, 3.8) is 0 Å². The lowest BCUT2D eigenvalue weighted by Gasteiger charge is -2.30. The van der Waals surface area contributed by atoms with E-state index in [1.807, 2.05) is 13.8 Å². The minimum Gasteiger partial charge on any atom is -0.335 e. The van der Waals surface area contributed by atoms with Crippen molar-refractivity contribution in [1.29, 1.82) is 0 Å². The summed E-state index contributed by atoms with van der Waals surface area (Å²) in [6.07, 6.45) is 2.30. The summed E-state index contributed by atoms with van der Waals surface area (Å²) in [6, 6.07) is 4.33. The predicted octanol–water partition coefficient (Wildman–Crippen LogP) is 5.18. The molecule has 0 radical (unpaired) electrons. The number of para-hydroxylation sites is 1.